The third kappa shape index (κ3) is 3.24. The van der Waals surface area contributed by atoms with Gasteiger partial charge >= 0.3 is 0 Å². The highest BCUT2D eigenvalue weighted by molar-refractivity contribution is 5.30. The molecule has 1 fully saturated rings. The highest BCUT2D eigenvalue weighted by atomic mass is 16.5. The van der Waals surface area contributed by atoms with Crippen LogP contribution in [0.4, 0.5) is 0 Å². The molecule has 2 heterocycles. The molecule has 0 aliphatic carbocycles. The largest absolute Gasteiger partial charge is 0.497 e. The predicted molar refractivity (Wildman–Crippen MR) is 82.5 cm³/mol. The van der Waals surface area contributed by atoms with Gasteiger partial charge in [-0.15, -0.1) is 0 Å². The van der Waals surface area contributed by atoms with Crippen LogP contribution in [0.15, 0.2) is 23.2 Å². The van der Waals surface area contributed by atoms with Gasteiger partial charge in [0.1, 0.15) is 5.75 Å². The first kappa shape index (κ1) is 15.3. The van der Waals surface area contributed by atoms with Gasteiger partial charge in [0, 0.05) is 30.6 Å². The Balaban J connectivity index is 1.93. The number of fused-ring (bicyclic) bond motifs is 1. The van der Waals surface area contributed by atoms with E-state index in [4.69, 9.17) is 19.2 Å². The second-order valence-electron chi connectivity index (χ2n) is 5.33. The molecule has 1 unspecified atom stereocenters. The minimum atomic E-state index is -0.322. The smallest absolute Gasteiger partial charge is 0.241 e. The van der Waals surface area contributed by atoms with Crippen LogP contribution in [0.3, 0.4) is 0 Å². The number of rotatable bonds is 5. The average Bonchev–Trinajstić information content (AvgIpc) is 2.59. The van der Waals surface area contributed by atoms with Gasteiger partial charge in [-0.05, 0) is 18.6 Å². The summed E-state index contributed by atoms with van der Waals surface area (Å²) >= 11 is 0. The summed E-state index contributed by atoms with van der Waals surface area (Å²) in [7, 11) is 1.67. The Morgan fingerprint density at radius 2 is 2.14 bits per heavy atom. The molecule has 2 aliphatic rings. The number of nitrogens with zero attached hydrogens (tertiary/aromatic N) is 3. The molecule has 0 amide bonds. The Hall–Kier alpha value is -1.63. The molecule has 3 rings (SSSR count). The molecule has 1 aromatic rings. The van der Waals surface area contributed by atoms with Gasteiger partial charge in [-0.1, -0.05) is 6.92 Å². The zero-order valence-corrected chi connectivity index (χ0v) is 13.2. The van der Waals surface area contributed by atoms with Gasteiger partial charge in [-0.2, -0.15) is 0 Å². The fourth-order valence-electron chi connectivity index (χ4n) is 2.60. The number of ether oxygens (including phenoxy) is 3. The van der Waals surface area contributed by atoms with Gasteiger partial charge in [0.2, 0.25) is 6.35 Å². The van der Waals surface area contributed by atoms with Crippen LogP contribution in [0.25, 0.3) is 6.20 Å². The molecule has 0 N–H and O–H groups in total. The van der Waals surface area contributed by atoms with Crippen LogP contribution in [0, 0.1) is 0 Å². The first-order chi connectivity index (χ1) is 10.8. The summed E-state index contributed by atoms with van der Waals surface area (Å²) in [5, 5.41) is 6.31. The molecule has 2 aliphatic heterocycles. The van der Waals surface area contributed by atoms with Crippen LogP contribution >= 0.6 is 0 Å². The minimum Gasteiger partial charge on any atom is -0.497 e. The average molecular weight is 305 g/mol. The van der Waals surface area contributed by atoms with Crippen molar-refractivity contribution in [3.63, 3.8) is 0 Å². The van der Waals surface area contributed by atoms with Gasteiger partial charge in [-0.3, -0.25) is 5.01 Å². The zero-order valence-electron chi connectivity index (χ0n) is 13.2. The van der Waals surface area contributed by atoms with E-state index in [0.717, 1.165) is 49.0 Å². The SMILES string of the molecule is CCCOC1N=c2cc(OC)ccc2=CN1N1CCOCC1. The van der Waals surface area contributed by atoms with E-state index in [1.165, 1.54) is 0 Å². The monoisotopic (exact) mass is 305 g/mol. The standard InChI is InChI=1S/C16H23N3O3/c1-3-8-22-16-17-15-11-14(20-2)5-4-13(15)12-19(16)18-6-9-21-10-7-18/h4-5,11-12,16H,3,6-10H2,1-2H3. The van der Waals surface area contributed by atoms with Gasteiger partial charge in [0.05, 0.1) is 32.3 Å². The van der Waals surface area contributed by atoms with E-state index in [1.807, 2.05) is 18.2 Å². The Morgan fingerprint density at radius 3 is 2.86 bits per heavy atom. The molecule has 6 nitrogen and oxygen atoms in total. The lowest BCUT2D eigenvalue weighted by Gasteiger charge is -2.40. The number of hydrogen-bond acceptors (Lipinski definition) is 6. The van der Waals surface area contributed by atoms with Crippen LogP contribution < -0.4 is 15.3 Å². The van der Waals surface area contributed by atoms with E-state index in [1.54, 1.807) is 7.11 Å². The maximum Gasteiger partial charge on any atom is 0.241 e. The number of hydrogen-bond donors (Lipinski definition) is 0. The molecule has 120 valence electrons. The molecule has 0 radical (unpaired) electrons. The van der Waals surface area contributed by atoms with Gasteiger partial charge in [0.25, 0.3) is 0 Å². The maximum absolute atomic E-state index is 5.93. The van der Waals surface area contributed by atoms with E-state index >= 15 is 0 Å². The Kier molecular flexibility index (Phi) is 4.92. The maximum atomic E-state index is 5.93. The molecule has 6 heteroatoms. The van der Waals surface area contributed by atoms with E-state index in [9.17, 15) is 0 Å². The summed E-state index contributed by atoms with van der Waals surface area (Å²) in [5.74, 6) is 0.810. The summed E-state index contributed by atoms with van der Waals surface area (Å²) in [6.07, 6.45) is 2.75. The number of benzene rings is 1. The normalized spacial score (nSPS) is 21.7. The molecule has 22 heavy (non-hydrogen) atoms. The summed E-state index contributed by atoms with van der Waals surface area (Å²) in [6.45, 7) is 5.96. The van der Waals surface area contributed by atoms with Crippen LogP contribution in [0.5, 0.6) is 5.75 Å². The van der Waals surface area contributed by atoms with Crippen molar-refractivity contribution in [1.29, 1.82) is 0 Å². The van der Waals surface area contributed by atoms with Gasteiger partial charge in [-0.25, -0.2) is 10.0 Å². The molecular formula is C16H23N3O3. The van der Waals surface area contributed by atoms with Crippen molar-refractivity contribution in [3.05, 3.63) is 28.8 Å². The van der Waals surface area contributed by atoms with Crippen molar-refractivity contribution in [2.75, 3.05) is 40.0 Å². The Bertz CT molecular complexity index is 614. The van der Waals surface area contributed by atoms with Crippen molar-refractivity contribution >= 4 is 6.20 Å². The molecule has 1 aromatic carbocycles. The van der Waals surface area contributed by atoms with Crippen molar-refractivity contribution in [2.45, 2.75) is 19.7 Å². The van der Waals surface area contributed by atoms with Crippen LogP contribution in [-0.4, -0.2) is 56.4 Å². The highest BCUT2D eigenvalue weighted by Gasteiger charge is 2.25. The second kappa shape index (κ2) is 7.09. The third-order valence-corrected chi connectivity index (χ3v) is 3.77. The summed E-state index contributed by atoms with van der Waals surface area (Å²) in [4.78, 5) is 4.76. The number of methoxy groups -OCH3 is 1. The quantitative estimate of drug-likeness (QED) is 0.784. The van der Waals surface area contributed by atoms with Crippen molar-refractivity contribution in [1.82, 2.24) is 10.0 Å². The minimum absolute atomic E-state index is 0.322. The highest BCUT2D eigenvalue weighted by Crippen LogP contribution is 2.14. The van der Waals surface area contributed by atoms with Crippen LogP contribution in [-0.2, 0) is 9.47 Å². The van der Waals surface area contributed by atoms with Crippen molar-refractivity contribution in [3.8, 4) is 5.75 Å². The van der Waals surface area contributed by atoms with Gasteiger partial charge < -0.3 is 14.2 Å². The fraction of sp³-hybridized carbons (Fsp3) is 0.562. The van der Waals surface area contributed by atoms with Crippen LogP contribution in [0.2, 0.25) is 0 Å². The second-order valence-corrected chi connectivity index (χ2v) is 5.33. The van der Waals surface area contributed by atoms with Crippen LogP contribution in [0.1, 0.15) is 13.3 Å². The van der Waals surface area contributed by atoms with E-state index in [0.29, 0.717) is 6.61 Å². The zero-order chi connectivity index (χ0) is 15.4. The molecule has 1 atom stereocenters. The molecule has 0 bridgehead atoms. The Labute approximate surface area is 130 Å². The lowest BCUT2D eigenvalue weighted by molar-refractivity contribution is -0.149. The van der Waals surface area contributed by atoms with Gasteiger partial charge in [0.15, 0.2) is 0 Å². The molecular weight excluding hydrogens is 282 g/mol. The predicted octanol–water partition coefficient (Wildman–Crippen LogP) is 0.326. The first-order valence-electron chi connectivity index (χ1n) is 7.78. The molecule has 1 saturated heterocycles. The summed E-state index contributed by atoms with van der Waals surface area (Å²) in [6, 6.07) is 5.93. The number of hydrazine groups is 1. The molecule has 0 aromatic heterocycles. The lowest BCUT2D eigenvalue weighted by atomic mass is 10.2. The molecule has 0 saturated carbocycles. The lowest BCUT2D eigenvalue weighted by Crippen LogP contribution is -2.54. The van der Waals surface area contributed by atoms with E-state index < -0.39 is 0 Å². The van der Waals surface area contributed by atoms with Crippen molar-refractivity contribution in [2.24, 2.45) is 4.99 Å². The summed E-state index contributed by atoms with van der Waals surface area (Å²) in [5.41, 5.74) is 0. The van der Waals surface area contributed by atoms with E-state index in [2.05, 4.69) is 23.1 Å². The Morgan fingerprint density at radius 1 is 1.32 bits per heavy atom. The fourth-order valence-corrected chi connectivity index (χ4v) is 2.60. The van der Waals surface area contributed by atoms with Crippen molar-refractivity contribution < 1.29 is 14.2 Å². The van der Waals surface area contributed by atoms with E-state index in [-0.39, 0.29) is 6.35 Å². The third-order valence-electron chi connectivity index (χ3n) is 3.77. The number of morpholine rings is 1. The topological polar surface area (TPSA) is 46.5 Å². The molecule has 0 spiro atoms. The summed E-state index contributed by atoms with van der Waals surface area (Å²) < 4.78 is 16.7. The first-order valence-corrected chi connectivity index (χ1v) is 7.78.